The van der Waals surface area contributed by atoms with Crippen molar-refractivity contribution in [2.45, 2.75) is 20.3 Å². The predicted octanol–water partition coefficient (Wildman–Crippen LogP) is 1.93. The molecule has 0 radical (unpaired) electrons. The Bertz CT molecular complexity index is 659. The molecule has 1 aliphatic heterocycles. The number of nitrogens with zero attached hydrogens (tertiary/aromatic N) is 2. The second kappa shape index (κ2) is 6.23. The lowest BCUT2D eigenvalue weighted by molar-refractivity contribution is -0.385. The minimum absolute atomic E-state index is 0.0250. The summed E-state index contributed by atoms with van der Waals surface area (Å²) in [6.45, 7) is 3.97. The number of rotatable bonds is 5. The maximum absolute atomic E-state index is 12.6. The monoisotopic (exact) mass is 322 g/mol. The van der Waals surface area contributed by atoms with Crippen LogP contribution in [0.3, 0.4) is 0 Å². The van der Waals surface area contributed by atoms with Crippen LogP contribution in [0.15, 0.2) is 18.2 Å². The van der Waals surface area contributed by atoms with Crippen molar-refractivity contribution >= 4 is 17.6 Å². The average molecular weight is 322 g/mol. The second-order valence-corrected chi connectivity index (χ2v) is 5.71. The summed E-state index contributed by atoms with van der Waals surface area (Å²) in [5, 5.41) is 20.4. The summed E-state index contributed by atoms with van der Waals surface area (Å²) in [6, 6.07) is 3.99. The van der Waals surface area contributed by atoms with Crippen LogP contribution >= 0.6 is 0 Å². The molecule has 1 aromatic rings. The first-order valence-electron chi connectivity index (χ1n) is 7.22. The third-order valence-corrected chi connectivity index (χ3v) is 3.98. The lowest BCUT2D eigenvalue weighted by atomic mass is 9.90. The van der Waals surface area contributed by atoms with Gasteiger partial charge in [-0.3, -0.25) is 19.7 Å². The van der Waals surface area contributed by atoms with E-state index in [1.54, 1.807) is 13.8 Å². The standard InChI is InChI=1S/C15H18N2O6/c1-3-23-10-4-5-12(17(21)22)11(8-10)13(18)16-7-6-15(2,9-16)14(19)20/h4-5,8H,3,6-7,9H2,1-2H3,(H,19,20). The molecule has 1 unspecified atom stereocenters. The fraction of sp³-hybridized carbons (Fsp3) is 0.467. The predicted molar refractivity (Wildman–Crippen MR) is 80.5 cm³/mol. The van der Waals surface area contributed by atoms with Crippen LogP contribution in [0.4, 0.5) is 5.69 Å². The Balaban J connectivity index is 2.33. The lowest BCUT2D eigenvalue weighted by Gasteiger charge is -2.20. The van der Waals surface area contributed by atoms with E-state index in [1.165, 1.54) is 23.1 Å². The fourth-order valence-electron chi connectivity index (χ4n) is 2.58. The summed E-state index contributed by atoms with van der Waals surface area (Å²) in [5.74, 6) is -1.17. The van der Waals surface area contributed by atoms with Crippen LogP contribution in [0.1, 0.15) is 30.6 Å². The summed E-state index contributed by atoms with van der Waals surface area (Å²) in [7, 11) is 0. The molecule has 0 aromatic heterocycles. The summed E-state index contributed by atoms with van der Waals surface area (Å²) in [5.41, 5.74) is -1.43. The number of carbonyl (C=O) groups is 2. The lowest BCUT2D eigenvalue weighted by Crippen LogP contribution is -2.35. The SMILES string of the molecule is CCOc1ccc([N+](=O)[O-])c(C(=O)N2CCC(C)(C(=O)O)C2)c1. The normalized spacial score (nSPS) is 20.3. The van der Waals surface area contributed by atoms with Crippen LogP contribution in [-0.4, -0.2) is 46.5 Å². The van der Waals surface area contributed by atoms with E-state index in [1.807, 2.05) is 0 Å². The Morgan fingerprint density at radius 3 is 2.70 bits per heavy atom. The maximum Gasteiger partial charge on any atom is 0.311 e. The zero-order chi connectivity index (χ0) is 17.2. The van der Waals surface area contributed by atoms with E-state index in [4.69, 9.17) is 4.74 Å². The van der Waals surface area contributed by atoms with Crippen molar-refractivity contribution < 1.29 is 24.4 Å². The van der Waals surface area contributed by atoms with Crippen molar-refractivity contribution in [1.29, 1.82) is 0 Å². The average Bonchev–Trinajstić information content (AvgIpc) is 2.90. The van der Waals surface area contributed by atoms with E-state index < -0.39 is 22.2 Å². The quantitative estimate of drug-likeness (QED) is 0.655. The van der Waals surface area contributed by atoms with Gasteiger partial charge in [-0.2, -0.15) is 0 Å². The third kappa shape index (κ3) is 3.25. The molecule has 23 heavy (non-hydrogen) atoms. The van der Waals surface area contributed by atoms with Gasteiger partial charge in [-0.1, -0.05) is 0 Å². The third-order valence-electron chi connectivity index (χ3n) is 3.98. The molecule has 1 fully saturated rings. The number of carboxylic acids is 1. The van der Waals surface area contributed by atoms with Crippen molar-refractivity contribution in [2.24, 2.45) is 5.41 Å². The number of hydrogen-bond donors (Lipinski definition) is 1. The number of nitro benzene ring substituents is 1. The minimum Gasteiger partial charge on any atom is -0.494 e. The molecule has 0 spiro atoms. The highest BCUT2D eigenvalue weighted by Gasteiger charge is 2.43. The molecule has 8 heteroatoms. The maximum atomic E-state index is 12.6. The van der Waals surface area contributed by atoms with Crippen molar-refractivity contribution in [1.82, 2.24) is 4.90 Å². The molecule has 1 N–H and O–H groups in total. The molecule has 8 nitrogen and oxygen atoms in total. The molecule has 1 heterocycles. The number of hydrogen-bond acceptors (Lipinski definition) is 5. The van der Waals surface area contributed by atoms with Crippen LogP contribution in [0.5, 0.6) is 5.75 Å². The van der Waals surface area contributed by atoms with Crippen LogP contribution in [-0.2, 0) is 4.79 Å². The molecule has 1 aromatic carbocycles. The molecule has 1 saturated heterocycles. The molecule has 0 saturated carbocycles. The van der Waals surface area contributed by atoms with Gasteiger partial charge in [-0.25, -0.2) is 0 Å². The van der Waals surface area contributed by atoms with Gasteiger partial charge >= 0.3 is 5.97 Å². The Morgan fingerprint density at radius 1 is 1.48 bits per heavy atom. The molecule has 0 bridgehead atoms. The first kappa shape index (κ1) is 16.7. The van der Waals surface area contributed by atoms with Gasteiger partial charge in [0.05, 0.1) is 16.9 Å². The second-order valence-electron chi connectivity index (χ2n) is 5.71. The Morgan fingerprint density at radius 2 is 2.17 bits per heavy atom. The topological polar surface area (TPSA) is 110 Å². The smallest absolute Gasteiger partial charge is 0.311 e. The zero-order valence-electron chi connectivity index (χ0n) is 12.9. The van der Waals surface area contributed by atoms with E-state index in [0.29, 0.717) is 18.8 Å². The number of carboxylic acid groups (broad SMARTS) is 1. The van der Waals surface area contributed by atoms with Crippen molar-refractivity contribution in [3.8, 4) is 5.75 Å². The Labute approximate surface area is 132 Å². The zero-order valence-corrected chi connectivity index (χ0v) is 12.9. The number of benzene rings is 1. The number of carbonyl (C=O) groups excluding carboxylic acids is 1. The number of likely N-dealkylation sites (tertiary alicyclic amines) is 1. The minimum atomic E-state index is -1.03. The van der Waals surface area contributed by atoms with Crippen LogP contribution in [0.2, 0.25) is 0 Å². The summed E-state index contributed by atoms with van der Waals surface area (Å²) >= 11 is 0. The highest BCUT2D eigenvalue weighted by atomic mass is 16.6. The summed E-state index contributed by atoms with van der Waals surface area (Å²) in [4.78, 5) is 35.7. The number of aliphatic carboxylic acids is 1. The van der Waals surface area contributed by atoms with Gasteiger partial charge in [0.1, 0.15) is 11.3 Å². The Hall–Kier alpha value is -2.64. The molecule has 1 atom stereocenters. The molecule has 0 aliphatic carbocycles. The first-order valence-corrected chi connectivity index (χ1v) is 7.22. The fourth-order valence-corrected chi connectivity index (χ4v) is 2.58. The largest absolute Gasteiger partial charge is 0.494 e. The van der Waals surface area contributed by atoms with Gasteiger partial charge in [0.15, 0.2) is 0 Å². The summed E-state index contributed by atoms with van der Waals surface area (Å²) in [6.07, 6.45) is 0.313. The number of ether oxygens (including phenoxy) is 1. The molecule has 124 valence electrons. The van der Waals surface area contributed by atoms with Crippen molar-refractivity contribution in [3.63, 3.8) is 0 Å². The van der Waals surface area contributed by atoms with Gasteiger partial charge in [0.2, 0.25) is 0 Å². The molecule has 1 aliphatic rings. The van der Waals surface area contributed by atoms with Crippen LogP contribution in [0.25, 0.3) is 0 Å². The molecular formula is C15H18N2O6. The van der Waals surface area contributed by atoms with E-state index in [9.17, 15) is 24.8 Å². The first-order chi connectivity index (χ1) is 10.8. The van der Waals surface area contributed by atoms with Gasteiger partial charge in [-0.15, -0.1) is 0 Å². The molecule has 2 rings (SSSR count). The molecule has 1 amide bonds. The van der Waals surface area contributed by atoms with Crippen LogP contribution in [0, 0.1) is 15.5 Å². The van der Waals surface area contributed by atoms with Gasteiger partial charge in [0.25, 0.3) is 11.6 Å². The van der Waals surface area contributed by atoms with E-state index >= 15 is 0 Å². The Kier molecular flexibility index (Phi) is 4.53. The highest BCUT2D eigenvalue weighted by Crippen LogP contribution is 2.33. The van der Waals surface area contributed by atoms with E-state index in [0.717, 1.165) is 0 Å². The van der Waals surface area contributed by atoms with Crippen molar-refractivity contribution in [3.05, 3.63) is 33.9 Å². The number of amides is 1. The van der Waals surface area contributed by atoms with Gasteiger partial charge in [0, 0.05) is 19.2 Å². The van der Waals surface area contributed by atoms with Gasteiger partial charge < -0.3 is 14.7 Å². The van der Waals surface area contributed by atoms with Crippen LogP contribution < -0.4 is 4.74 Å². The van der Waals surface area contributed by atoms with Gasteiger partial charge in [-0.05, 0) is 32.4 Å². The number of nitro groups is 1. The molecular weight excluding hydrogens is 304 g/mol. The summed E-state index contributed by atoms with van der Waals surface area (Å²) < 4.78 is 5.29. The van der Waals surface area contributed by atoms with E-state index in [2.05, 4.69) is 0 Å². The van der Waals surface area contributed by atoms with Crippen molar-refractivity contribution in [2.75, 3.05) is 19.7 Å². The van der Waals surface area contributed by atoms with E-state index in [-0.39, 0.29) is 24.3 Å². The highest BCUT2D eigenvalue weighted by molar-refractivity contribution is 5.99.